The van der Waals surface area contributed by atoms with E-state index in [0.29, 0.717) is 37.3 Å². The number of morpholine rings is 1. The number of aromatic amines is 1. The average Bonchev–Trinajstić information content (AvgIpc) is 3.35. The molecule has 1 aliphatic rings. The lowest BCUT2D eigenvalue weighted by Crippen LogP contribution is -2.38. The maximum atomic E-state index is 13.7. The highest BCUT2D eigenvalue weighted by molar-refractivity contribution is 5.92. The minimum Gasteiger partial charge on any atom is -0.378 e. The third-order valence-corrected chi connectivity index (χ3v) is 5.93. The molecule has 0 amide bonds. The number of anilines is 2. The van der Waals surface area contributed by atoms with Crippen molar-refractivity contribution in [2.24, 2.45) is 0 Å². The first kappa shape index (κ1) is 25.4. The van der Waals surface area contributed by atoms with Crippen LogP contribution in [0.4, 0.5) is 29.1 Å². The summed E-state index contributed by atoms with van der Waals surface area (Å²) in [5.74, 6) is 0.850. The van der Waals surface area contributed by atoms with Crippen LogP contribution in [-0.2, 0) is 11.2 Å². The number of ether oxygens (including phenoxy) is 1. The molecular weight excluding hydrogens is 474 g/mol. The van der Waals surface area contributed by atoms with E-state index in [1.165, 1.54) is 6.33 Å². The van der Waals surface area contributed by atoms with Crippen molar-refractivity contribution >= 4 is 22.5 Å². The molecule has 0 spiro atoms. The Hall–Kier alpha value is -3.66. The van der Waals surface area contributed by atoms with Crippen molar-refractivity contribution in [1.29, 1.82) is 0 Å². The molecule has 3 heterocycles. The van der Waals surface area contributed by atoms with E-state index in [0.717, 1.165) is 35.6 Å². The topological polar surface area (TPSA) is 66.1 Å². The van der Waals surface area contributed by atoms with Crippen LogP contribution in [0.15, 0.2) is 67.0 Å². The van der Waals surface area contributed by atoms with Gasteiger partial charge in [-0.05, 0) is 29.3 Å². The van der Waals surface area contributed by atoms with E-state index in [9.17, 15) is 17.6 Å². The Morgan fingerprint density at radius 2 is 1.69 bits per heavy atom. The number of benzene rings is 2. The van der Waals surface area contributed by atoms with Gasteiger partial charge in [-0.2, -0.15) is 13.2 Å². The van der Waals surface area contributed by atoms with Crippen LogP contribution in [0.5, 0.6) is 0 Å². The second-order valence-corrected chi connectivity index (χ2v) is 8.25. The summed E-state index contributed by atoms with van der Waals surface area (Å²) in [5, 5.41) is 3.55. The first-order chi connectivity index (χ1) is 17.5. The number of nitrogens with one attached hydrogen (secondary N) is 2. The lowest BCUT2D eigenvalue weighted by atomic mass is 10.0. The number of hydrogen-bond donors (Lipinski definition) is 2. The first-order valence-corrected chi connectivity index (χ1v) is 11.5. The van der Waals surface area contributed by atoms with Crippen LogP contribution in [0.3, 0.4) is 0 Å². The van der Waals surface area contributed by atoms with Gasteiger partial charge in [0.15, 0.2) is 0 Å². The Labute approximate surface area is 206 Å². The minimum atomic E-state index is -4.37. The summed E-state index contributed by atoms with van der Waals surface area (Å²) in [6, 6.07) is 15.9. The third kappa shape index (κ3) is 5.93. The van der Waals surface area contributed by atoms with Gasteiger partial charge in [-0.15, -0.1) is 0 Å². The highest BCUT2D eigenvalue weighted by atomic mass is 19.4. The van der Waals surface area contributed by atoms with Crippen LogP contribution in [0.2, 0.25) is 0 Å². The molecule has 0 aliphatic carbocycles. The quantitative estimate of drug-likeness (QED) is 0.335. The van der Waals surface area contributed by atoms with Gasteiger partial charge in [0, 0.05) is 30.9 Å². The van der Waals surface area contributed by atoms with E-state index >= 15 is 0 Å². The fraction of sp³-hybridized carbons (Fsp3) is 0.308. The lowest BCUT2D eigenvalue weighted by molar-refractivity contribution is -0.142. The number of aromatic nitrogens is 3. The van der Waals surface area contributed by atoms with Crippen molar-refractivity contribution in [3.8, 4) is 11.3 Å². The average molecular weight is 502 g/mol. The lowest BCUT2D eigenvalue weighted by Gasteiger charge is -2.27. The van der Waals surface area contributed by atoms with Crippen LogP contribution in [0, 0.1) is 0 Å². The van der Waals surface area contributed by atoms with Crippen molar-refractivity contribution in [1.82, 2.24) is 15.0 Å². The van der Waals surface area contributed by atoms with Crippen LogP contribution in [0.25, 0.3) is 22.3 Å². The van der Waals surface area contributed by atoms with Crippen LogP contribution in [0.1, 0.15) is 5.56 Å². The number of H-pyrrole nitrogens is 1. The fourth-order valence-electron chi connectivity index (χ4n) is 4.16. The molecule has 36 heavy (non-hydrogen) atoms. The summed E-state index contributed by atoms with van der Waals surface area (Å²) in [6.45, 7) is 2.83. The SMILES string of the molecule is CF.FC(F)(F)C(Cc1ccccc1)Nc1ccc(-c2cc3c(N4CCOCC4)ncnc3[nH]2)cc1. The standard InChI is InChI=1S/C25H24F3N5O.CH3F/c26-25(27,28)22(14-17-4-2-1-3-5-17)31-19-8-6-18(7-9-19)21-15-20-23(32-21)29-16-30-24(20)33-10-12-34-13-11-33;1-2/h1-9,15-16,22,31H,10-14H2,(H,29,30,32);1H3. The summed E-state index contributed by atoms with van der Waals surface area (Å²) in [6.07, 6.45) is -2.98. The van der Waals surface area contributed by atoms with Gasteiger partial charge in [0.2, 0.25) is 0 Å². The second-order valence-electron chi connectivity index (χ2n) is 8.25. The van der Waals surface area contributed by atoms with E-state index in [1.54, 1.807) is 54.6 Å². The zero-order chi connectivity index (χ0) is 25.5. The van der Waals surface area contributed by atoms with E-state index in [2.05, 4.69) is 25.2 Å². The summed E-state index contributed by atoms with van der Waals surface area (Å²) >= 11 is 0. The molecule has 10 heteroatoms. The van der Waals surface area contributed by atoms with Crippen LogP contribution in [-0.4, -0.2) is 60.7 Å². The van der Waals surface area contributed by atoms with Crippen molar-refractivity contribution in [3.05, 3.63) is 72.6 Å². The number of rotatable bonds is 6. The van der Waals surface area contributed by atoms with E-state index < -0.39 is 12.2 Å². The molecule has 1 unspecified atom stereocenters. The molecule has 2 N–H and O–H groups in total. The van der Waals surface area contributed by atoms with Gasteiger partial charge in [0.1, 0.15) is 23.8 Å². The summed E-state index contributed by atoms with van der Waals surface area (Å²) in [4.78, 5) is 14.3. The van der Waals surface area contributed by atoms with Crippen LogP contribution >= 0.6 is 0 Å². The molecule has 4 aromatic rings. The number of halogens is 4. The Kier molecular flexibility index (Phi) is 8.04. The van der Waals surface area contributed by atoms with Crippen molar-refractivity contribution in [2.75, 3.05) is 43.7 Å². The summed E-state index contributed by atoms with van der Waals surface area (Å²) in [7, 11) is 0.500. The van der Waals surface area contributed by atoms with E-state index in [4.69, 9.17) is 4.74 Å². The second kappa shape index (κ2) is 11.4. The molecular formula is C26H27F4N5O. The number of fused-ring (bicyclic) bond motifs is 1. The maximum absolute atomic E-state index is 13.7. The zero-order valence-corrected chi connectivity index (χ0v) is 19.7. The Balaban J connectivity index is 0.00000148. The van der Waals surface area contributed by atoms with Gasteiger partial charge < -0.3 is 19.9 Å². The smallest absolute Gasteiger partial charge is 0.378 e. The van der Waals surface area contributed by atoms with Crippen molar-refractivity contribution in [2.45, 2.75) is 18.6 Å². The maximum Gasteiger partial charge on any atom is 0.408 e. The summed E-state index contributed by atoms with van der Waals surface area (Å²) < 4.78 is 55.9. The highest BCUT2D eigenvalue weighted by Gasteiger charge is 2.39. The molecule has 1 fully saturated rings. The van der Waals surface area contributed by atoms with E-state index in [1.807, 2.05) is 6.07 Å². The highest BCUT2D eigenvalue weighted by Crippen LogP contribution is 2.31. The molecule has 1 aliphatic heterocycles. The number of hydrogen-bond acceptors (Lipinski definition) is 5. The van der Waals surface area contributed by atoms with Crippen LogP contribution < -0.4 is 10.2 Å². The van der Waals surface area contributed by atoms with Gasteiger partial charge in [-0.3, -0.25) is 4.39 Å². The minimum absolute atomic E-state index is 0.142. The largest absolute Gasteiger partial charge is 0.408 e. The first-order valence-electron chi connectivity index (χ1n) is 11.5. The predicted octanol–water partition coefficient (Wildman–Crippen LogP) is 5.63. The van der Waals surface area contributed by atoms with Gasteiger partial charge in [-0.1, -0.05) is 42.5 Å². The normalized spacial score (nSPS) is 14.8. The Morgan fingerprint density at radius 3 is 2.36 bits per heavy atom. The number of alkyl halides is 4. The van der Waals surface area contributed by atoms with Gasteiger partial charge in [0.05, 0.1) is 25.8 Å². The van der Waals surface area contributed by atoms with Gasteiger partial charge in [0.25, 0.3) is 0 Å². The zero-order valence-electron chi connectivity index (χ0n) is 19.7. The van der Waals surface area contributed by atoms with Crippen molar-refractivity contribution < 1.29 is 22.3 Å². The molecule has 1 saturated heterocycles. The number of nitrogens with zero attached hydrogens (tertiary/aromatic N) is 3. The van der Waals surface area contributed by atoms with Crippen molar-refractivity contribution in [3.63, 3.8) is 0 Å². The fourth-order valence-corrected chi connectivity index (χ4v) is 4.16. The molecule has 5 rings (SSSR count). The molecule has 0 bridgehead atoms. The Bertz CT molecular complexity index is 1240. The monoisotopic (exact) mass is 501 g/mol. The predicted molar refractivity (Wildman–Crippen MR) is 133 cm³/mol. The molecule has 2 aromatic carbocycles. The third-order valence-electron chi connectivity index (χ3n) is 5.93. The molecule has 6 nitrogen and oxygen atoms in total. The molecule has 0 saturated carbocycles. The molecule has 2 aromatic heterocycles. The van der Waals surface area contributed by atoms with Gasteiger partial charge in [-0.25, -0.2) is 9.97 Å². The molecule has 190 valence electrons. The van der Waals surface area contributed by atoms with E-state index in [-0.39, 0.29) is 6.42 Å². The Morgan fingerprint density at radius 1 is 1.00 bits per heavy atom. The molecule has 1 atom stereocenters. The van der Waals surface area contributed by atoms with Gasteiger partial charge >= 0.3 is 6.18 Å². The summed E-state index contributed by atoms with van der Waals surface area (Å²) in [5.41, 5.74) is 3.43. The molecule has 0 radical (unpaired) electrons.